The van der Waals surface area contributed by atoms with E-state index in [1.165, 1.54) is 0 Å². The maximum atomic E-state index is 12.3. The smallest absolute Gasteiger partial charge is 0.242 e. The summed E-state index contributed by atoms with van der Waals surface area (Å²) < 4.78 is 5.26. The minimum absolute atomic E-state index is 0.111. The van der Waals surface area contributed by atoms with E-state index >= 15 is 0 Å². The van der Waals surface area contributed by atoms with Crippen molar-refractivity contribution in [2.45, 2.75) is 45.1 Å². The van der Waals surface area contributed by atoms with Crippen molar-refractivity contribution in [3.05, 3.63) is 0 Å². The first kappa shape index (κ1) is 13.5. The SMILES string of the molecule is CCCN(CCC)C(=O)C1(N)CCOCC1. The molecule has 1 amide bonds. The van der Waals surface area contributed by atoms with Gasteiger partial charge in [0.05, 0.1) is 5.54 Å². The minimum atomic E-state index is -0.678. The normalized spacial score (nSPS) is 19.4. The predicted molar refractivity (Wildman–Crippen MR) is 64.1 cm³/mol. The Labute approximate surface area is 98.1 Å². The molecule has 1 aliphatic heterocycles. The highest BCUT2D eigenvalue weighted by Crippen LogP contribution is 2.20. The summed E-state index contributed by atoms with van der Waals surface area (Å²) in [5.74, 6) is 0.111. The molecule has 0 aromatic heterocycles. The summed E-state index contributed by atoms with van der Waals surface area (Å²) in [6.07, 6.45) is 3.27. The van der Waals surface area contributed by atoms with Crippen LogP contribution < -0.4 is 5.73 Å². The molecule has 0 unspecified atom stereocenters. The topological polar surface area (TPSA) is 55.6 Å². The quantitative estimate of drug-likeness (QED) is 0.768. The van der Waals surface area contributed by atoms with Gasteiger partial charge in [0, 0.05) is 26.3 Å². The van der Waals surface area contributed by atoms with Crippen LogP contribution >= 0.6 is 0 Å². The zero-order valence-corrected chi connectivity index (χ0v) is 10.5. The first-order valence-corrected chi connectivity index (χ1v) is 6.30. The van der Waals surface area contributed by atoms with Crippen LogP contribution in [0.3, 0.4) is 0 Å². The molecule has 1 fully saturated rings. The van der Waals surface area contributed by atoms with Crippen LogP contribution in [-0.2, 0) is 9.53 Å². The van der Waals surface area contributed by atoms with Gasteiger partial charge < -0.3 is 15.4 Å². The lowest BCUT2D eigenvalue weighted by Gasteiger charge is -2.36. The molecule has 94 valence electrons. The molecule has 1 heterocycles. The van der Waals surface area contributed by atoms with Crippen molar-refractivity contribution in [3.8, 4) is 0 Å². The fraction of sp³-hybridized carbons (Fsp3) is 0.917. The zero-order chi connectivity index (χ0) is 12.0. The van der Waals surface area contributed by atoms with Gasteiger partial charge in [0.15, 0.2) is 0 Å². The number of hydrogen-bond donors (Lipinski definition) is 1. The third kappa shape index (κ3) is 3.19. The van der Waals surface area contributed by atoms with Crippen molar-refractivity contribution in [1.82, 2.24) is 4.90 Å². The summed E-state index contributed by atoms with van der Waals surface area (Å²) in [5.41, 5.74) is 5.51. The van der Waals surface area contributed by atoms with Crippen LogP contribution in [0.1, 0.15) is 39.5 Å². The van der Waals surface area contributed by atoms with Crippen LogP contribution in [0.5, 0.6) is 0 Å². The van der Waals surface area contributed by atoms with Gasteiger partial charge in [-0.1, -0.05) is 13.8 Å². The average Bonchev–Trinajstić information content (AvgIpc) is 2.29. The molecule has 2 N–H and O–H groups in total. The minimum Gasteiger partial charge on any atom is -0.381 e. The highest BCUT2D eigenvalue weighted by molar-refractivity contribution is 5.86. The Bertz CT molecular complexity index is 219. The summed E-state index contributed by atoms with van der Waals surface area (Å²) in [4.78, 5) is 14.3. The summed E-state index contributed by atoms with van der Waals surface area (Å²) in [5, 5.41) is 0. The average molecular weight is 228 g/mol. The number of carbonyl (C=O) groups excluding carboxylic acids is 1. The number of amides is 1. The molecule has 1 rings (SSSR count). The lowest BCUT2D eigenvalue weighted by atomic mass is 9.89. The second-order valence-electron chi connectivity index (χ2n) is 4.56. The lowest BCUT2D eigenvalue weighted by molar-refractivity contribution is -0.140. The van der Waals surface area contributed by atoms with Crippen LogP contribution in [-0.4, -0.2) is 42.6 Å². The largest absolute Gasteiger partial charge is 0.381 e. The van der Waals surface area contributed by atoms with Crippen molar-refractivity contribution in [2.24, 2.45) is 5.73 Å². The van der Waals surface area contributed by atoms with E-state index in [9.17, 15) is 4.79 Å². The van der Waals surface area contributed by atoms with Crippen LogP contribution in [0.2, 0.25) is 0 Å². The molecular formula is C12H24N2O2. The standard InChI is InChI=1S/C12H24N2O2/c1-3-7-14(8-4-2)11(15)12(13)5-9-16-10-6-12/h3-10,13H2,1-2H3. The number of nitrogens with zero attached hydrogens (tertiary/aromatic N) is 1. The van der Waals surface area contributed by atoms with Gasteiger partial charge in [0.2, 0.25) is 5.91 Å². The summed E-state index contributed by atoms with van der Waals surface area (Å²) >= 11 is 0. The third-order valence-electron chi connectivity index (χ3n) is 3.09. The van der Waals surface area contributed by atoms with E-state index in [4.69, 9.17) is 10.5 Å². The molecule has 0 atom stereocenters. The first-order chi connectivity index (χ1) is 7.64. The molecule has 0 aliphatic carbocycles. The first-order valence-electron chi connectivity index (χ1n) is 6.30. The van der Waals surface area contributed by atoms with Gasteiger partial charge >= 0.3 is 0 Å². The molecule has 0 radical (unpaired) electrons. The van der Waals surface area contributed by atoms with Crippen molar-refractivity contribution in [3.63, 3.8) is 0 Å². The van der Waals surface area contributed by atoms with Crippen molar-refractivity contribution in [1.29, 1.82) is 0 Å². The second kappa shape index (κ2) is 6.21. The van der Waals surface area contributed by atoms with Crippen LogP contribution in [0.25, 0.3) is 0 Å². The van der Waals surface area contributed by atoms with Crippen LogP contribution in [0, 0.1) is 0 Å². The van der Waals surface area contributed by atoms with Gasteiger partial charge in [-0.25, -0.2) is 0 Å². The summed E-state index contributed by atoms with van der Waals surface area (Å²) in [7, 11) is 0. The highest BCUT2D eigenvalue weighted by Gasteiger charge is 2.38. The summed E-state index contributed by atoms with van der Waals surface area (Å²) in [6.45, 7) is 7.01. The maximum Gasteiger partial charge on any atom is 0.242 e. The van der Waals surface area contributed by atoms with Gasteiger partial charge in [0.25, 0.3) is 0 Å². The molecular weight excluding hydrogens is 204 g/mol. The third-order valence-corrected chi connectivity index (χ3v) is 3.09. The number of hydrogen-bond acceptors (Lipinski definition) is 3. The van der Waals surface area contributed by atoms with Gasteiger partial charge in [-0.3, -0.25) is 4.79 Å². The van der Waals surface area contributed by atoms with E-state index in [0.717, 1.165) is 25.9 Å². The highest BCUT2D eigenvalue weighted by atomic mass is 16.5. The Morgan fingerprint density at radius 2 is 1.75 bits per heavy atom. The lowest BCUT2D eigenvalue weighted by Crippen LogP contribution is -2.58. The monoisotopic (exact) mass is 228 g/mol. The Balaban J connectivity index is 2.63. The predicted octanol–water partition coefficient (Wildman–Crippen LogP) is 1.14. The second-order valence-corrected chi connectivity index (χ2v) is 4.56. The van der Waals surface area contributed by atoms with Crippen molar-refractivity contribution < 1.29 is 9.53 Å². The molecule has 0 saturated carbocycles. The number of rotatable bonds is 5. The van der Waals surface area contributed by atoms with E-state index in [0.29, 0.717) is 26.1 Å². The molecule has 1 aliphatic rings. The molecule has 0 spiro atoms. The van der Waals surface area contributed by atoms with E-state index in [-0.39, 0.29) is 5.91 Å². The fourth-order valence-electron chi connectivity index (χ4n) is 2.12. The molecule has 0 aromatic rings. The molecule has 4 nitrogen and oxygen atoms in total. The number of carbonyl (C=O) groups is 1. The van der Waals surface area contributed by atoms with Gasteiger partial charge in [0.1, 0.15) is 0 Å². The fourth-order valence-corrected chi connectivity index (χ4v) is 2.12. The summed E-state index contributed by atoms with van der Waals surface area (Å²) in [6, 6.07) is 0. The van der Waals surface area contributed by atoms with E-state index in [1.54, 1.807) is 0 Å². The van der Waals surface area contributed by atoms with E-state index < -0.39 is 5.54 Å². The van der Waals surface area contributed by atoms with E-state index in [2.05, 4.69) is 13.8 Å². The van der Waals surface area contributed by atoms with Crippen molar-refractivity contribution in [2.75, 3.05) is 26.3 Å². The van der Waals surface area contributed by atoms with Gasteiger partial charge in [-0.2, -0.15) is 0 Å². The van der Waals surface area contributed by atoms with Gasteiger partial charge in [-0.05, 0) is 25.7 Å². The Hall–Kier alpha value is -0.610. The Morgan fingerprint density at radius 3 is 2.19 bits per heavy atom. The molecule has 0 aromatic carbocycles. The molecule has 0 bridgehead atoms. The van der Waals surface area contributed by atoms with Crippen molar-refractivity contribution >= 4 is 5.91 Å². The van der Waals surface area contributed by atoms with E-state index in [1.807, 2.05) is 4.90 Å². The van der Waals surface area contributed by atoms with Crippen LogP contribution in [0.15, 0.2) is 0 Å². The molecule has 1 saturated heterocycles. The Kier molecular flexibility index (Phi) is 5.22. The number of nitrogens with two attached hydrogens (primary N) is 1. The van der Waals surface area contributed by atoms with Gasteiger partial charge in [-0.15, -0.1) is 0 Å². The maximum absolute atomic E-state index is 12.3. The Morgan fingerprint density at radius 1 is 1.25 bits per heavy atom. The number of ether oxygens (including phenoxy) is 1. The van der Waals surface area contributed by atoms with Crippen LogP contribution in [0.4, 0.5) is 0 Å². The zero-order valence-electron chi connectivity index (χ0n) is 10.5. The molecule has 16 heavy (non-hydrogen) atoms. The molecule has 4 heteroatoms.